The fourth-order valence-electron chi connectivity index (χ4n) is 4.59. The maximum Gasteiger partial charge on any atom is 0.305 e. The summed E-state index contributed by atoms with van der Waals surface area (Å²) < 4.78 is 59.0. The number of sulfone groups is 2. The minimum atomic E-state index is -3.25. The Kier molecular flexibility index (Phi) is 21.9. The van der Waals surface area contributed by atoms with E-state index in [4.69, 9.17) is 0 Å². The van der Waals surface area contributed by atoms with Crippen molar-refractivity contribution in [1.82, 2.24) is 0 Å². The molecule has 0 fully saturated rings. The van der Waals surface area contributed by atoms with E-state index in [0.29, 0.717) is 25.7 Å². The number of rotatable bonds is 26. The van der Waals surface area contributed by atoms with Gasteiger partial charge in [-0.05, 0) is 31.6 Å². The highest BCUT2D eigenvalue weighted by molar-refractivity contribution is 7.92. The van der Waals surface area contributed by atoms with Gasteiger partial charge in [-0.3, -0.25) is 9.59 Å². The lowest BCUT2D eigenvalue weighted by Crippen LogP contribution is -2.24. The first-order valence-electron chi connectivity index (χ1n) is 14.6. The van der Waals surface area contributed by atoms with Gasteiger partial charge in [0.2, 0.25) is 0 Å². The smallest absolute Gasteiger partial charge is 0.305 e. The van der Waals surface area contributed by atoms with E-state index in [1.54, 1.807) is 6.92 Å². The van der Waals surface area contributed by atoms with Crippen LogP contribution < -0.4 is 0 Å². The van der Waals surface area contributed by atoms with E-state index in [1.807, 2.05) is 0 Å². The Morgan fingerprint density at radius 2 is 0.763 bits per heavy atom. The Morgan fingerprint density at radius 3 is 1.05 bits per heavy atom. The third-order valence-electron chi connectivity index (χ3n) is 6.70. The lowest BCUT2D eigenvalue weighted by molar-refractivity contribution is -0.141. The number of carbonyl (C=O) groups excluding carboxylic acids is 2. The molecule has 0 aromatic heterocycles. The van der Waals surface area contributed by atoms with E-state index in [1.165, 1.54) is 14.2 Å². The van der Waals surface area contributed by atoms with Crippen LogP contribution in [-0.4, -0.2) is 66.0 Å². The molecule has 0 radical (unpaired) electrons. The van der Waals surface area contributed by atoms with Crippen LogP contribution >= 0.6 is 0 Å². The maximum absolute atomic E-state index is 12.4. The molecular formula is C28H54O8S2. The molecule has 0 rings (SSSR count). The molecule has 0 aromatic carbocycles. The van der Waals surface area contributed by atoms with E-state index in [0.717, 1.165) is 89.9 Å². The number of ether oxygens (including phenoxy) is 2. The zero-order chi connectivity index (χ0) is 28.7. The Balaban J connectivity index is 3.82. The molecule has 8 nitrogen and oxygen atoms in total. The van der Waals surface area contributed by atoms with Crippen LogP contribution in [0.5, 0.6) is 0 Å². The zero-order valence-corrected chi connectivity index (χ0v) is 25.8. The Bertz CT molecular complexity index is 754. The van der Waals surface area contributed by atoms with Crippen molar-refractivity contribution in [3.8, 4) is 0 Å². The van der Waals surface area contributed by atoms with Crippen LogP contribution in [0.3, 0.4) is 0 Å². The molecule has 0 unspecified atom stereocenters. The van der Waals surface area contributed by atoms with E-state index >= 15 is 0 Å². The van der Waals surface area contributed by atoms with Crippen molar-refractivity contribution in [2.45, 2.75) is 122 Å². The minimum absolute atomic E-state index is 0.0671. The first kappa shape index (κ1) is 36.8. The van der Waals surface area contributed by atoms with Crippen LogP contribution in [0.15, 0.2) is 0 Å². The van der Waals surface area contributed by atoms with Crippen molar-refractivity contribution >= 4 is 31.6 Å². The lowest BCUT2D eigenvalue weighted by atomic mass is 10.1. The lowest BCUT2D eigenvalue weighted by Gasteiger charge is -2.13. The van der Waals surface area contributed by atoms with Gasteiger partial charge in [-0.1, -0.05) is 84.0 Å². The van der Waals surface area contributed by atoms with Crippen molar-refractivity contribution in [2.75, 3.05) is 37.2 Å². The molecule has 0 amide bonds. The second kappa shape index (κ2) is 22.6. The summed E-state index contributed by atoms with van der Waals surface area (Å²) in [5.74, 6) is -0.604. The standard InChI is InChI=1S/C28H54O8S2/c1-26(24-37(31,32)22-18-14-10-6-4-8-12-16-20-27(29)35-2)25-38(33,34)23-19-15-11-7-5-9-13-17-21-28(30)36-3/h26H,4-25H2,1-3H3. The predicted octanol–water partition coefficient (Wildman–Crippen LogP) is 5.82. The molecule has 0 heterocycles. The SMILES string of the molecule is COC(=O)CCCCCCCCCCS(=O)(=O)CC(C)CS(=O)(=O)CCCCCCCCCCC(=O)OC. The van der Waals surface area contributed by atoms with Gasteiger partial charge in [0.15, 0.2) is 19.7 Å². The molecular weight excluding hydrogens is 528 g/mol. The molecule has 0 aliphatic rings. The highest BCUT2D eigenvalue weighted by atomic mass is 32.2. The van der Waals surface area contributed by atoms with Crippen LogP contribution in [0.25, 0.3) is 0 Å². The van der Waals surface area contributed by atoms with Gasteiger partial charge in [0.05, 0.1) is 37.2 Å². The minimum Gasteiger partial charge on any atom is -0.469 e. The molecule has 0 aliphatic heterocycles. The van der Waals surface area contributed by atoms with Gasteiger partial charge in [-0.25, -0.2) is 16.8 Å². The molecule has 0 aromatic rings. The number of unbranched alkanes of at least 4 members (excludes halogenated alkanes) is 14. The van der Waals surface area contributed by atoms with Crippen LogP contribution in [0.4, 0.5) is 0 Å². The Labute approximate surface area is 232 Å². The van der Waals surface area contributed by atoms with Gasteiger partial charge < -0.3 is 9.47 Å². The maximum atomic E-state index is 12.4. The van der Waals surface area contributed by atoms with Crippen LogP contribution in [0.2, 0.25) is 0 Å². The third kappa shape index (κ3) is 23.9. The van der Waals surface area contributed by atoms with Gasteiger partial charge >= 0.3 is 11.9 Å². The van der Waals surface area contributed by atoms with E-state index in [9.17, 15) is 26.4 Å². The summed E-state index contributed by atoms with van der Waals surface area (Å²) in [7, 11) is -3.70. The first-order chi connectivity index (χ1) is 18.0. The third-order valence-corrected chi connectivity index (χ3v) is 10.7. The van der Waals surface area contributed by atoms with Gasteiger partial charge in [-0.15, -0.1) is 0 Å². The van der Waals surface area contributed by atoms with Gasteiger partial charge in [-0.2, -0.15) is 0 Å². The van der Waals surface area contributed by atoms with Gasteiger partial charge in [0, 0.05) is 12.8 Å². The second-order valence-corrected chi connectivity index (χ2v) is 15.1. The number of hydrogen-bond donors (Lipinski definition) is 0. The second-order valence-electron chi connectivity index (χ2n) is 10.6. The predicted molar refractivity (Wildman–Crippen MR) is 154 cm³/mol. The van der Waals surface area contributed by atoms with E-state index < -0.39 is 19.7 Å². The summed E-state index contributed by atoms with van der Waals surface area (Å²) in [6, 6.07) is 0. The molecule has 226 valence electrons. The summed E-state index contributed by atoms with van der Waals surface area (Å²) in [5, 5.41) is 0. The van der Waals surface area contributed by atoms with Crippen LogP contribution in [0, 0.1) is 5.92 Å². The monoisotopic (exact) mass is 582 g/mol. The zero-order valence-electron chi connectivity index (χ0n) is 24.2. The van der Waals surface area contributed by atoms with Gasteiger partial charge in [0.1, 0.15) is 0 Å². The molecule has 10 heteroatoms. The first-order valence-corrected chi connectivity index (χ1v) is 18.2. The molecule has 0 aliphatic carbocycles. The average molecular weight is 583 g/mol. The highest BCUT2D eigenvalue weighted by Crippen LogP contribution is 2.14. The summed E-state index contributed by atoms with van der Waals surface area (Å²) in [4.78, 5) is 22.1. The normalized spacial score (nSPS) is 12.1. The van der Waals surface area contributed by atoms with Crippen LogP contribution in [0.1, 0.15) is 122 Å². The fourth-order valence-corrected chi connectivity index (χ4v) is 8.33. The largest absolute Gasteiger partial charge is 0.469 e. The van der Waals surface area contributed by atoms with E-state index in [-0.39, 0.29) is 40.9 Å². The molecule has 0 bridgehead atoms. The highest BCUT2D eigenvalue weighted by Gasteiger charge is 2.21. The number of hydrogen-bond acceptors (Lipinski definition) is 8. The summed E-state index contributed by atoms with van der Waals surface area (Å²) in [6.45, 7) is 1.72. The molecule has 38 heavy (non-hydrogen) atoms. The van der Waals surface area contributed by atoms with Crippen molar-refractivity contribution in [3.05, 3.63) is 0 Å². The summed E-state index contributed by atoms with van der Waals surface area (Å²) in [6.07, 6.45) is 16.0. The van der Waals surface area contributed by atoms with Crippen LogP contribution in [-0.2, 0) is 38.7 Å². The molecule has 0 saturated carbocycles. The molecule has 0 saturated heterocycles. The quantitative estimate of drug-likeness (QED) is 0.0924. The Morgan fingerprint density at radius 1 is 0.500 bits per heavy atom. The van der Waals surface area contributed by atoms with Crippen molar-refractivity contribution < 1.29 is 35.9 Å². The van der Waals surface area contributed by atoms with Gasteiger partial charge in [0.25, 0.3) is 0 Å². The summed E-state index contributed by atoms with van der Waals surface area (Å²) >= 11 is 0. The average Bonchev–Trinajstić information content (AvgIpc) is 2.84. The number of esters is 2. The van der Waals surface area contributed by atoms with Crippen molar-refractivity contribution in [1.29, 1.82) is 0 Å². The number of methoxy groups -OCH3 is 2. The van der Waals surface area contributed by atoms with Crippen molar-refractivity contribution in [2.24, 2.45) is 5.92 Å². The molecule has 0 N–H and O–H groups in total. The Hall–Kier alpha value is -1.16. The summed E-state index contributed by atoms with van der Waals surface area (Å²) in [5.41, 5.74) is 0. The molecule has 0 spiro atoms. The molecule has 0 atom stereocenters. The number of carbonyl (C=O) groups is 2. The fraction of sp³-hybridized carbons (Fsp3) is 0.929. The van der Waals surface area contributed by atoms with E-state index in [2.05, 4.69) is 9.47 Å². The van der Waals surface area contributed by atoms with Crippen molar-refractivity contribution in [3.63, 3.8) is 0 Å². The topological polar surface area (TPSA) is 121 Å².